The number of hydrogen-bond acceptors (Lipinski definition) is 2. The van der Waals surface area contributed by atoms with E-state index in [9.17, 15) is 4.79 Å². The molecule has 0 radical (unpaired) electrons. The minimum absolute atomic E-state index is 0.00231. The van der Waals surface area contributed by atoms with E-state index in [1.807, 2.05) is 6.92 Å². The van der Waals surface area contributed by atoms with Crippen LogP contribution in [-0.4, -0.2) is 12.1 Å². The Morgan fingerprint density at radius 2 is 2.25 bits per heavy atom. The molecular formula is C9H18N2O. The first kappa shape index (κ1) is 11.1. The molecule has 0 aliphatic carbocycles. The molecule has 0 aliphatic heterocycles. The SMILES string of the molecule is CCCC(=O)N/N=C/CC(C)C. The smallest absolute Gasteiger partial charge is 0.240 e. The van der Waals surface area contributed by atoms with Gasteiger partial charge in [0.25, 0.3) is 0 Å². The topological polar surface area (TPSA) is 41.5 Å². The number of nitrogens with one attached hydrogen (secondary N) is 1. The molecule has 0 heterocycles. The van der Waals surface area contributed by atoms with Crippen molar-refractivity contribution in [1.29, 1.82) is 0 Å². The van der Waals surface area contributed by atoms with Crippen molar-refractivity contribution < 1.29 is 4.79 Å². The average molecular weight is 170 g/mol. The molecule has 0 aromatic carbocycles. The van der Waals surface area contributed by atoms with Crippen LogP contribution in [0.2, 0.25) is 0 Å². The van der Waals surface area contributed by atoms with E-state index in [4.69, 9.17) is 0 Å². The Morgan fingerprint density at radius 1 is 1.58 bits per heavy atom. The molecule has 0 saturated carbocycles. The summed E-state index contributed by atoms with van der Waals surface area (Å²) >= 11 is 0. The fourth-order valence-electron chi connectivity index (χ4n) is 0.664. The van der Waals surface area contributed by atoms with Crippen molar-refractivity contribution >= 4 is 12.1 Å². The van der Waals surface area contributed by atoms with Gasteiger partial charge in [0, 0.05) is 12.6 Å². The van der Waals surface area contributed by atoms with Gasteiger partial charge in [0.05, 0.1) is 0 Å². The standard InChI is InChI=1S/C9H18N2O/c1-4-5-9(12)11-10-7-6-8(2)3/h7-8H,4-6H2,1-3H3,(H,11,12)/b10-7+. The molecule has 0 spiro atoms. The van der Waals surface area contributed by atoms with Crippen LogP contribution in [-0.2, 0) is 4.79 Å². The number of carbonyl (C=O) groups excluding carboxylic acids is 1. The fraction of sp³-hybridized carbons (Fsp3) is 0.778. The molecule has 0 rings (SSSR count). The monoisotopic (exact) mass is 170 g/mol. The van der Waals surface area contributed by atoms with Gasteiger partial charge in [-0.3, -0.25) is 4.79 Å². The number of hydrazone groups is 1. The predicted molar refractivity (Wildman–Crippen MR) is 51.0 cm³/mol. The summed E-state index contributed by atoms with van der Waals surface area (Å²) in [7, 11) is 0. The zero-order valence-corrected chi connectivity index (χ0v) is 8.13. The van der Waals surface area contributed by atoms with Gasteiger partial charge in [0.2, 0.25) is 5.91 Å². The third-order valence-corrected chi connectivity index (χ3v) is 1.33. The molecule has 0 fully saturated rings. The van der Waals surface area contributed by atoms with Crippen LogP contribution in [0, 0.1) is 5.92 Å². The fourth-order valence-corrected chi connectivity index (χ4v) is 0.664. The molecule has 0 aliphatic rings. The lowest BCUT2D eigenvalue weighted by molar-refractivity contribution is -0.121. The maximum absolute atomic E-state index is 10.9. The number of hydrogen-bond donors (Lipinski definition) is 1. The highest BCUT2D eigenvalue weighted by atomic mass is 16.2. The predicted octanol–water partition coefficient (Wildman–Crippen LogP) is 1.93. The highest BCUT2D eigenvalue weighted by molar-refractivity contribution is 5.76. The molecule has 0 aromatic rings. The Bertz CT molecular complexity index is 153. The molecule has 0 aromatic heterocycles. The molecule has 3 nitrogen and oxygen atoms in total. The molecule has 0 atom stereocenters. The Kier molecular flexibility index (Phi) is 6.34. The summed E-state index contributed by atoms with van der Waals surface area (Å²) < 4.78 is 0. The number of nitrogens with zero attached hydrogens (tertiary/aromatic N) is 1. The zero-order valence-electron chi connectivity index (χ0n) is 8.13. The van der Waals surface area contributed by atoms with Crippen LogP contribution in [0.15, 0.2) is 5.10 Å². The third kappa shape index (κ3) is 7.25. The van der Waals surface area contributed by atoms with Gasteiger partial charge in [0.1, 0.15) is 0 Å². The molecule has 12 heavy (non-hydrogen) atoms. The molecule has 70 valence electrons. The van der Waals surface area contributed by atoms with Gasteiger partial charge in [-0.1, -0.05) is 20.8 Å². The number of rotatable bonds is 5. The molecule has 0 unspecified atom stereocenters. The van der Waals surface area contributed by atoms with E-state index in [2.05, 4.69) is 24.4 Å². The second kappa shape index (κ2) is 6.83. The minimum atomic E-state index is -0.00231. The summed E-state index contributed by atoms with van der Waals surface area (Å²) in [5.74, 6) is 0.592. The summed E-state index contributed by atoms with van der Waals surface area (Å²) in [6.45, 7) is 6.19. The van der Waals surface area contributed by atoms with Crippen LogP contribution in [0.3, 0.4) is 0 Å². The van der Waals surface area contributed by atoms with Crippen molar-refractivity contribution in [1.82, 2.24) is 5.43 Å². The summed E-state index contributed by atoms with van der Waals surface area (Å²) in [5.41, 5.74) is 2.47. The van der Waals surface area contributed by atoms with Crippen LogP contribution in [0.4, 0.5) is 0 Å². The van der Waals surface area contributed by atoms with Crippen molar-refractivity contribution in [2.24, 2.45) is 11.0 Å². The third-order valence-electron chi connectivity index (χ3n) is 1.33. The first-order valence-corrected chi connectivity index (χ1v) is 4.47. The van der Waals surface area contributed by atoms with Gasteiger partial charge in [-0.05, 0) is 18.8 Å². The van der Waals surface area contributed by atoms with Crippen LogP contribution in [0.25, 0.3) is 0 Å². The van der Waals surface area contributed by atoms with Gasteiger partial charge in [-0.2, -0.15) is 5.10 Å². The van der Waals surface area contributed by atoms with Crippen molar-refractivity contribution in [3.8, 4) is 0 Å². The van der Waals surface area contributed by atoms with Crippen LogP contribution in [0.5, 0.6) is 0 Å². The van der Waals surface area contributed by atoms with Gasteiger partial charge in [0.15, 0.2) is 0 Å². The van der Waals surface area contributed by atoms with Crippen LogP contribution >= 0.6 is 0 Å². The molecular weight excluding hydrogens is 152 g/mol. The summed E-state index contributed by atoms with van der Waals surface area (Å²) in [6, 6.07) is 0. The van der Waals surface area contributed by atoms with Crippen molar-refractivity contribution in [2.75, 3.05) is 0 Å². The van der Waals surface area contributed by atoms with Gasteiger partial charge < -0.3 is 0 Å². The van der Waals surface area contributed by atoms with Crippen LogP contribution in [0.1, 0.15) is 40.0 Å². The van der Waals surface area contributed by atoms with Crippen LogP contribution < -0.4 is 5.43 Å². The van der Waals surface area contributed by atoms with E-state index >= 15 is 0 Å². The van der Waals surface area contributed by atoms with E-state index in [-0.39, 0.29) is 5.91 Å². The van der Waals surface area contributed by atoms with E-state index in [1.165, 1.54) is 0 Å². The highest BCUT2D eigenvalue weighted by Crippen LogP contribution is 1.94. The quantitative estimate of drug-likeness (QED) is 0.497. The first-order chi connectivity index (χ1) is 5.66. The van der Waals surface area contributed by atoms with Crippen molar-refractivity contribution in [3.63, 3.8) is 0 Å². The summed E-state index contributed by atoms with van der Waals surface area (Å²) in [6.07, 6.45) is 4.08. The van der Waals surface area contributed by atoms with Gasteiger partial charge >= 0.3 is 0 Å². The largest absolute Gasteiger partial charge is 0.273 e. The average Bonchev–Trinajstić information content (AvgIpc) is 1.98. The van der Waals surface area contributed by atoms with Gasteiger partial charge in [-0.15, -0.1) is 0 Å². The Balaban J connectivity index is 3.40. The summed E-state index contributed by atoms with van der Waals surface area (Å²) in [4.78, 5) is 10.9. The van der Waals surface area contributed by atoms with Crippen molar-refractivity contribution in [2.45, 2.75) is 40.0 Å². The Morgan fingerprint density at radius 3 is 2.75 bits per heavy atom. The van der Waals surface area contributed by atoms with E-state index in [0.29, 0.717) is 12.3 Å². The minimum Gasteiger partial charge on any atom is -0.273 e. The number of carbonyl (C=O) groups is 1. The van der Waals surface area contributed by atoms with E-state index in [1.54, 1.807) is 6.21 Å². The normalized spacial score (nSPS) is 11.0. The molecule has 0 saturated heterocycles. The lowest BCUT2D eigenvalue weighted by Gasteiger charge is -1.97. The molecule has 0 bridgehead atoms. The summed E-state index contributed by atoms with van der Waals surface area (Å²) in [5, 5.41) is 3.81. The van der Waals surface area contributed by atoms with E-state index in [0.717, 1.165) is 12.8 Å². The molecule has 3 heteroatoms. The zero-order chi connectivity index (χ0) is 9.40. The van der Waals surface area contributed by atoms with Gasteiger partial charge in [-0.25, -0.2) is 5.43 Å². The maximum atomic E-state index is 10.9. The second-order valence-electron chi connectivity index (χ2n) is 3.23. The Hall–Kier alpha value is -0.860. The lowest BCUT2D eigenvalue weighted by Crippen LogP contribution is -2.16. The first-order valence-electron chi connectivity index (χ1n) is 4.47. The van der Waals surface area contributed by atoms with Crippen molar-refractivity contribution in [3.05, 3.63) is 0 Å². The van der Waals surface area contributed by atoms with E-state index < -0.39 is 0 Å². The molecule has 1 N–H and O–H groups in total. The maximum Gasteiger partial charge on any atom is 0.240 e. The number of amides is 1. The molecule has 1 amide bonds. The lowest BCUT2D eigenvalue weighted by atomic mass is 10.2. The second-order valence-corrected chi connectivity index (χ2v) is 3.23. The highest BCUT2D eigenvalue weighted by Gasteiger charge is 1.94. The Labute approximate surface area is 74.2 Å².